The molecule has 0 aliphatic carbocycles. The first-order valence-corrected chi connectivity index (χ1v) is 8.71. The van der Waals surface area contributed by atoms with Gasteiger partial charge in [0.25, 0.3) is 5.91 Å². The second-order valence-electron chi connectivity index (χ2n) is 6.86. The molecular formula is C19H16N6O2. The molecule has 5 rings (SSSR count). The maximum Gasteiger partial charge on any atom is 0.253 e. The van der Waals surface area contributed by atoms with E-state index in [1.165, 1.54) is 11.0 Å². The summed E-state index contributed by atoms with van der Waals surface area (Å²) in [7, 11) is 0. The number of aromatic nitrogens is 4. The van der Waals surface area contributed by atoms with Crippen molar-refractivity contribution in [3.63, 3.8) is 0 Å². The van der Waals surface area contributed by atoms with Crippen LogP contribution < -0.4 is 5.32 Å². The number of nitrogens with one attached hydrogen (secondary N) is 1. The Morgan fingerprint density at radius 1 is 1.11 bits per heavy atom. The average Bonchev–Trinajstić information content (AvgIpc) is 3.43. The van der Waals surface area contributed by atoms with Crippen LogP contribution in [-0.2, 0) is 10.2 Å². The molecule has 8 nitrogen and oxygen atoms in total. The molecule has 3 aromatic rings. The van der Waals surface area contributed by atoms with Crippen molar-refractivity contribution in [1.82, 2.24) is 25.1 Å². The fourth-order valence-electron chi connectivity index (χ4n) is 3.98. The van der Waals surface area contributed by atoms with Gasteiger partial charge in [-0.3, -0.25) is 9.59 Å². The molecule has 0 saturated carbocycles. The van der Waals surface area contributed by atoms with E-state index in [0.29, 0.717) is 25.1 Å². The van der Waals surface area contributed by atoms with Crippen LogP contribution in [0.3, 0.4) is 0 Å². The van der Waals surface area contributed by atoms with Crippen LogP contribution in [0.2, 0.25) is 0 Å². The van der Waals surface area contributed by atoms with Crippen LogP contribution in [-0.4, -0.2) is 50.0 Å². The molecule has 2 aliphatic heterocycles. The predicted molar refractivity (Wildman–Crippen MR) is 96.4 cm³/mol. The quantitative estimate of drug-likeness (QED) is 0.746. The Balaban J connectivity index is 1.39. The van der Waals surface area contributed by atoms with Crippen molar-refractivity contribution >= 4 is 17.5 Å². The topological polar surface area (TPSA) is 93.0 Å². The highest BCUT2D eigenvalue weighted by Gasteiger charge is 2.51. The van der Waals surface area contributed by atoms with Gasteiger partial charge in [-0.2, -0.15) is 0 Å². The standard InChI is InChI=1S/C19H16N6O2/c26-17(13-5-7-14(8-6-13)25-12-20-22-23-25)24-10-9-19(11-24)15-3-1-2-4-16(15)21-18(19)27/h1-8,12H,9-11H2,(H,21,27). The van der Waals surface area contributed by atoms with E-state index in [9.17, 15) is 9.59 Å². The molecule has 134 valence electrons. The number of hydrogen-bond acceptors (Lipinski definition) is 5. The lowest BCUT2D eigenvalue weighted by Gasteiger charge is -2.22. The molecule has 0 radical (unpaired) electrons. The van der Waals surface area contributed by atoms with Crippen molar-refractivity contribution in [2.75, 3.05) is 18.4 Å². The molecule has 1 aromatic heterocycles. The molecule has 27 heavy (non-hydrogen) atoms. The van der Waals surface area contributed by atoms with Crippen LogP contribution in [0.4, 0.5) is 5.69 Å². The van der Waals surface area contributed by atoms with Gasteiger partial charge in [0.05, 0.1) is 11.1 Å². The molecule has 2 amide bonds. The van der Waals surface area contributed by atoms with Crippen molar-refractivity contribution in [2.24, 2.45) is 0 Å². The van der Waals surface area contributed by atoms with Gasteiger partial charge in [0, 0.05) is 24.3 Å². The van der Waals surface area contributed by atoms with E-state index >= 15 is 0 Å². The second-order valence-corrected chi connectivity index (χ2v) is 6.86. The monoisotopic (exact) mass is 360 g/mol. The fourth-order valence-corrected chi connectivity index (χ4v) is 3.98. The third-order valence-corrected chi connectivity index (χ3v) is 5.41. The van der Waals surface area contributed by atoms with E-state index < -0.39 is 5.41 Å². The largest absolute Gasteiger partial charge is 0.337 e. The zero-order chi connectivity index (χ0) is 18.4. The highest BCUT2D eigenvalue weighted by Crippen LogP contribution is 2.44. The molecule has 1 spiro atoms. The molecule has 1 fully saturated rings. The average molecular weight is 360 g/mol. The van der Waals surface area contributed by atoms with Gasteiger partial charge in [0.15, 0.2) is 0 Å². The van der Waals surface area contributed by atoms with E-state index in [0.717, 1.165) is 16.9 Å². The summed E-state index contributed by atoms with van der Waals surface area (Å²) in [5.74, 6) is -0.0969. The van der Waals surface area contributed by atoms with E-state index in [1.807, 2.05) is 24.3 Å². The number of anilines is 1. The Hall–Kier alpha value is -3.55. The van der Waals surface area contributed by atoms with E-state index in [4.69, 9.17) is 0 Å². The Morgan fingerprint density at radius 3 is 2.70 bits per heavy atom. The van der Waals surface area contributed by atoms with Crippen LogP contribution in [0.25, 0.3) is 5.69 Å². The number of nitrogens with zero attached hydrogens (tertiary/aromatic N) is 5. The van der Waals surface area contributed by atoms with E-state index in [-0.39, 0.29) is 11.8 Å². The summed E-state index contributed by atoms with van der Waals surface area (Å²) in [5, 5.41) is 14.0. The van der Waals surface area contributed by atoms with Crippen LogP contribution in [0.1, 0.15) is 22.3 Å². The predicted octanol–water partition coefficient (Wildman–Crippen LogP) is 1.40. The molecule has 1 N–H and O–H groups in total. The summed E-state index contributed by atoms with van der Waals surface area (Å²) in [6.07, 6.45) is 2.13. The fraction of sp³-hybridized carbons (Fsp3) is 0.211. The lowest BCUT2D eigenvalue weighted by Crippen LogP contribution is -2.39. The summed E-state index contributed by atoms with van der Waals surface area (Å²) in [6, 6.07) is 14.8. The van der Waals surface area contributed by atoms with E-state index in [2.05, 4.69) is 20.8 Å². The number of likely N-dealkylation sites (tertiary alicyclic amines) is 1. The first kappa shape index (κ1) is 15.7. The van der Waals surface area contributed by atoms with Gasteiger partial charge < -0.3 is 10.2 Å². The zero-order valence-corrected chi connectivity index (χ0v) is 14.4. The van der Waals surface area contributed by atoms with Gasteiger partial charge in [0.2, 0.25) is 5.91 Å². The molecule has 8 heteroatoms. The van der Waals surface area contributed by atoms with Crippen LogP contribution in [0.15, 0.2) is 54.9 Å². The third kappa shape index (κ3) is 2.33. The summed E-state index contributed by atoms with van der Waals surface area (Å²) in [5.41, 5.74) is 2.55. The number of fused-ring (bicyclic) bond motifs is 2. The number of rotatable bonds is 2. The van der Waals surface area contributed by atoms with Gasteiger partial charge in [-0.1, -0.05) is 18.2 Å². The first-order valence-electron chi connectivity index (χ1n) is 8.71. The van der Waals surface area contributed by atoms with Crippen molar-refractivity contribution < 1.29 is 9.59 Å². The number of amides is 2. The van der Waals surface area contributed by atoms with Crippen molar-refractivity contribution in [3.8, 4) is 5.69 Å². The van der Waals surface area contributed by atoms with Gasteiger partial charge in [-0.15, -0.1) is 5.10 Å². The van der Waals surface area contributed by atoms with Gasteiger partial charge in [0.1, 0.15) is 6.33 Å². The maximum absolute atomic E-state index is 13.0. The molecule has 1 unspecified atom stereocenters. The van der Waals surface area contributed by atoms with Crippen LogP contribution in [0.5, 0.6) is 0 Å². The Kier molecular flexibility index (Phi) is 3.33. The molecular weight excluding hydrogens is 344 g/mol. The smallest absolute Gasteiger partial charge is 0.253 e. The van der Waals surface area contributed by atoms with Crippen molar-refractivity contribution in [3.05, 3.63) is 66.0 Å². The molecule has 2 aromatic carbocycles. The SMILES string of the molecule is O=C(c1ccc(-n2cnnn2)cc1)N1CCC2(C1)C(=O)Nc1ccccc12. The Labute approximate surface area is 154 Å². The van der Waals surface area contributed by atoms with Crippen molar-refractivity contribution in [2.45, 2.75) is 11.8 Å². The zero-order valence-electron chi connectivity index (χ0n) is 14.4. The minimum absolute atomic E-state index is 0.0203. The second kappa shape index (κ2) is 5.73. The maximum atomic E-state index is 13.0. The third-order valence-electron chi connectivity index (χ3n) is 5.41. The molecule has 2 aliphatic rings. The molecule has 1 saturated heterocycles. The molecule has 0 bridgehead atoms. The van der Waals surface area contributed by atoms with Gasteiger partial charge in [-0.25, -0.2) is 4.68 Å². The van der Waals surface area contributed by atoms with Gasteiger partial charge >= 0.3 is 0 Å². The van der Waals surface area contributed by atoms with Gasteiger partial charge in [-0.05, 0) is 52.7 Å². The lowest BCUT2D eigenvalue weighted by atomic mass is 9.81. The van der Waals surface area contributed by atoms with E-state index in [1.54, 1.807) is 29.2 Å². The minimum atomic E-state index is -0.640. The summed E-state index contributed by atoms with van der Waals surface area (Å²) < 4.78 is 1.53. The summed E-state index contributed by atoms with van der Waals surface area (Å²) in [6.45, 7) is 0.943. The number of carbonyl (C=O) groups excluding carboxylic acids is 2. The highest BCUT2D eigenvalue weighted by molar-refractivity contribution is 6.07. The summed E-state index contributed by atoms with van der Waals surface area (Å²) in [4.78, 5) is 27.4. The number of tetrazole rings is 1. The Morgan fingerprint density at radius 2 is 1.93 bits per heavy atom. The lowest BCUT2D eigenvalue weighted by molar-refractivity contribution is -0.120. The molecule has 1 atom stereocenters. The van der Waals surface area contributed by atoms with Crippen LogP contribution in [0, 0.1) is 0 Å². The van der Waals surface area contributed by atoms with Crippen LogP contribution >= 0.6 is 0 Å². The Bertz CT molecular complexity index is 1030. The molecule has 3 heterocycles. The number of para-hydroxylation sites is 1. The normalized spacial score (nSPS) is 20.7. The summed E-state index contributed by atoms with van der Waals surface area (Å²) >= 11 is 0. The number of hydrogen-bond donors (Lipinski definition) is 1. The minimum Gasteiger partial charge on any atom is -0.337 e. The highest BCUT2D eigenvalue weighted by atomic mass is 16.2. The number of benzene rings is 2. The number of carbonyl (C=O) groups is 2. The van der Waals surface area contributed by atoms with Crippen molar-refractivity contribution in [1.29, 1.82) is 0 Å². The first-order chi connectivity index (χ1) is 13.2.